The van der Waals surface area contributed by atoms with E-state index in [-0.39, 0.29) is 11.1 Å². The van der Waals surface area contributed by atoms with Crippen molar-refractivity contribution >= 4 is 10.9 Å². The minimum absolute atomic E-state index is 0.0615. The highest BCUT2D eigenvalue weighted by Gasteiger charge is 2.24. The Morgan fingerprint density at radius 1 is 1.10 bits per heavy atom. The number of nitrogens with one attached hydrogen (secondary N) is 2. The number of hydrogen-bond acceptors (Lipinski definition) is 5. The molecule has 1 atom stereocenters. The van der Waals surface area contributed by atoms with Crippen molar-refractivity contribution in [2.45, 2.75) is 59.8 Å². The van der Waals surface area contributed by atoms with Crippen LogP contribution < -0.4 is 10.5 Å². The highest BCUT2D eigenvalue weighted by atomic mass is 16.3. The molecule has 0 fully saturated rings. The monoisotopic (exact) mass is 421 g/mol. The molecular formula is C23H29N6O2+. The van der Waals surface area contributed by atoms with Gasteiger partial charge in [-0.1, -0.05) is 12.1 Å². The first-order chi connectivity index (χ1) is 14.7. The number of aryl methyl sites for hydroxylation is 2. The van der Waals surface area contributed by atoms with E-state index in [9.17, 15) is 4.79 Å². The largest absolute Gasteiger partial charge is 0.463 e. The molecule has 3 heterocycles. The molecule has 8 nitrogen and oxygen atoms in total. The van der Waals surface area contributed by atoms with Crippen molar-refractivity contribution in [1.29, 1.82) is 0 Å². The first-order valence-electron chi connectivity index (χ1n) is 10.5. The number of quaternary nitrogens is 1. The molecule has 2 N–H and O–H groups in total. The van der Waals surface area contributed by atoms with Gasteiger partial charge in [0.25, 0.3) is 5.56 Å². The Balaban J connectivity index is 1.70. The normalized spacial score (nSPS) is 13.1. The van der Waals surface area contributed by atoms with Gasteiger partial charge in [0.2, 0.25) is 5.82 Å². The van der Waals surface area contributed by atoms with Gasteiger partial charge in [-0.05, 0) is 74.4 Å². The fourth-order valence-electron chi connectivity index (χ4n) is 3.93. The zero-order valence-electron chi connectivity index (χ0n) is 18.7. The maximum absolute atomic E-state index is 12.9. The first-order valence-corrected chi connectivity index (χ1v) is 10.5. The molecule has 162 valence electrons. The van der Waals surface area contributed by atoms with E-state index in [4.69, 9.17) is 4.42 Å². The number of hydrogen-bond donors (Lipinski definition) is 2. The molecule has 31 heavy (non-hydrogen) atoms. The summed E-state index contributed by atoms with van der Waals surface area (Å²) in [5, 5.41) is 13.4. The number of benzene rings is 1. The average Bonchev–Trinajstić information content (AvgIpc) is 3.37. The number of aromatic nitrogens is 5. The number of rotatable bonds is 6. The van der Waals surface area contributed by atoms with Crippen LogP contribution in [0.2, 0.25) is 0 Å². The van der Waals surface area contributed by atoms with Crippen molar-refractivity contribution in [3.05, 3.63) is 75.2 Å². The number of tetrazole rings is 1. The summed E-state index contributed by atoms with van der Waals surface area (Å²) in [4.78, 5) is 17.1. The van der Waals surface area contributed by atoms with Crippen molar-refractivity contribution in [2.75, 3.05) is 0 Å². The summed E-state index contributed by atoms with van der Waals surface area (Å²) in [7, 11) is 0. The Kier molecular flexibility index (Phi) is 5.49. The Morgan fingerprint density at radius 3 is 2.58 bits per heavy atom. The highest BCUT2D eigenvalue weighted by molar-refractivity contribution is 5.85. The Bertz CT molecular complexity index is 1250. The summed E-state index contributed by atoms with van der Waals surface area (Å²) in [6.07, 6.45) is 1.67. The van der Waals surface area contributed by atoms with Crippen LogP contribution >= 0.6 is 0 Å². The standard InChI is InChI=1S/C23H28N6O2/c1-15-8-9-16(2)21-19(15)11-17(22(30)24-21)12-28(13-18-7-6-10-31-18)14-20-25-26-27-29(20)23(3,4)5/h6-11H,12-14H2,1-5H3,(H,24,30)/p+1. The van der Waals surface area contributed by atoms with Crippen LogP contribution in [-0.4, -0.2) is 25.2 Å². The second-order valence-electron chi connectivity index (χ2n) is 9.15. The molecule has 0 aliphatic rings. The maximum Gasteiger partial charge on any atom is 0.257 e. The van der Waals surface area contributed by atoms with Crippen LogP contribution in [0.25, 0.3) is 10.9 Å². The third-order valence-corrected chi connectivity index (χ3v) is 5.54. The second-order valence-corrected chi connectivity index (χ2v) is 9.15. The number of aromatic amines is 1. The van der Waals surface area contributed by atoms with Gasteiger partial charge in [0, 0.05) is 5.39 Å². The Morgan fingerprint density at radius 2 is 1.87 bits per heavy atom. The molecule has 0 saturated carbocycles. The lowest BCUT2D eigenvalue weighted by molar-refractivity contribution is -0.942. The minimum Gasteiger partial charge on any atom is -0.463 e. The molecule has 1 aromatic carbocycles. The van der Waals surface area contributed by atoms with Gasteiger partial charge < -0.3 is 14.3 Å². The number of fused-ring (bicyclic) bond motifs is 1. The zero-order chi connectivity index (χ0) is 22.2. The number of pyridine rings is 1. The van der Waals surface area contributed by atoms with Crippen LogP contribution in [0.1, 0.15) is 49.0 Å². The van der Waals surface area contributed by atoms with E-state index in [1.54, 1.807) is 6.26 Å². The molecule has 1 unspecified atom stereocenters. The number of furan rings is 1. The molecule has 4 aromatic rings. The van der Waals surface area contributed by atoms with Crippen molar-refractivity contribution in [1.82, 2.24) is 25.2 Å². The first kappa shape index (κ1) is 21.0. The number of nitrogens with zero attached hydrogens (tertiary/aromatic N) is 4. The molecule has 0 bridgehead atoms. The van der Waals surface area contributed by atoms with Crippen LogP contribution in [0.15, 0.2) is 45.8 Å². The predicted molar refractivity (Wildman–Crippen MR) is 118 cm³/mol. The third-order valence-electron chi connectivity index (χ3n) is 5.54. The van der Waals surface area contributed by atoms with Crippen molar-refractivity contribution in [3.63, 3.8) is 0 Å². The van der Waals surface area contributed by atoms with E-state index >= 15 is 0 Å². The van der Waals surface area contributed by atoms with Crippen LogP contribution in [0.5, 0.6) is 0 Å². The van der Waals surface area contributed by atoms with Crippen molar-refractivity contribution in [2.24, 2.45) is 0 Å². The topological polar surface area (TPSA) is 94.0 Å². The summed E-state index contributed by atoms with van der Waals surface area (Å²) in [6.45, 7) is 12.0. The van der Waals surface area contributed by atoms with Gasteiger partial charge in [0.05, 0.1) is 22.9 Å². The van der Waals surface area contributed by atoms with Gasteiger partial charge in [-0.3, -0.25) is 4.79 Å². The molecule has 0 saturated heterocycles. The predicted octanol–water partition coefficient (Wildman–Crippen LogP) is 2.26. The van der Waals surface area contributed by atoms with Gasteiger partial charge in [0.15, 0.2) is 5.76 Å². The molecule has 0 spiro atoms. The molecule has 0 aliphatic carbocycles. The molecule has 3 aromatic heterocycles. The lowest BCUT2D eigenvalue weighted by Gasteiger charge is -2.22. The molecule has 4 rings (SSSR count). The third kappa shape index (κ3) is 4.44. The van der Waals surface area contributed by atoms with E-state index in [0.29, 0.717) is 19.6 Å². The smallest absolute Gasteiger partial charge is 0.257 e. The lowest BCUT2D eigenvalue weighted by Crippen LogP contribution is -3.08. The minimum atomic E-state index is -0.232. The van der Waals surface area contributed by atoms with Gasteiger partial charge in [-0.2, -0.15) is 0 Å². The van der Waals surface area contributed by atoms with Gasteiger partial charge in [0.1, 0.15) is 19.6 Å². The van der Waals surface area contributed by atoms with Crippen molar-refractivity contribution < 1.29 is 9.32 Å². The Hall–Kier alpha value is -3.26. The summed E-state index contributed by atoms with van der Waals surface area (Å²) in [5.41, 5.74) is 3.55. The summed E-state index contributed by atoms with van der Waals surface area (Å²) < 4.78 is 7.43. The van der Waals surface area contributed by atoms with E-state index in [1.165, 1.54) is 0 Å². The summed E-state index contributed by atoms with van der Waals surface area (Å²) >= 11 is 0. The van der Waals surface area contributed by atoms with Gasteiger partial charge >= 0.3 is 0 Å². The highest BCUT2D eigenvalue weighted by Crippen LogP contribution is 2.19. The van der Waals surface area contributed by atoms with E-state index in [2.05, 4.69) is 54.3 Å². The Labute approximate surface area is 180 Å². The SMILES string of the molecule is Cc1ccc(C)c2[nH]c(=O)c(C[NH+](Cc3ccco3)Cc3nnnn3C(C)(C)C)cc12. The van der Waals surface area contributed by atoms with Crippen LogP contribution in [0.4, 0.5) is 0 Å². The van der Waals surface area contributed by atoms with Crippen LogP contribution in [0, 0.1) is 13.8 Å². The molecule has 0 amide bonds. The fraction of sp³-hybridized carbons (Fsp3) is 0.391. The van der Waals surface area contributed by atoms with E-state index < -0.39 is 0 Å². The fourth-order valence-corrected chi connectivity index (χ4v) is 3.93. The lowest BCUT2D eigenvalue weighted by atomic mass is 10.0. The molecular weight excluding hydrogens is 392 g/mol. The van der Waals surface area contributed by atoms with Crippen LogP contribution in [0.3, 0.4) is 0 Å². The van der Waals surface area contributed by atoms with Crippen LogP contribution in [-0.2, 0) is 25.2 Å². The molecule has 8 heteroatoms. The van der Waals surface area contributed by atoms with Gasteiger partial charge in [-0.25, -0.2) is 4.68 Å². The van der Waals surface area contributed by atoms with Gasteiger partial charge in [-0.15, -0.1) is 5.10 Å². The quantitative estimate of drug-likeness (QED) is 0.498. The number of H-pyrrole nitrogens is 1. The summed E-state index contributed by atoms with van der Waals surface area (Å²) in [5.74, 6) is 1.63. The molecule has 0 radical (unpaired) electrons. The molecule has 0 aliphatic heterocycles. The maximum atomic E-state index is 12.9. The average molecular weight is 422 g/mol. The summed E-state index contributed by atoms with van der Waals surface area (Å²) in [6, 6.07) is 9.97. The van der Waals surface area contributed by atoms with Crippen molar-refractivity contribution in [3.8, 4) is 0 Å². The second kappa shape index (κ2) is 8.11. The van der Waals surface area contributed by atoms with E-state index in [1.807, 2.05) is 35.9 Å². The van der Waals surface area contributed by atoms with E-state index in [0.717, 1.165) is 44.1 Å². The zero-order valence-corrected chi connectivity index (χ0v) is 18.7.